The van der Waals surface area contributed by atoms with Gasteiger partial charge >= 0.3 is 0 Å². The van der Waals surface area contributed by atoms with Crippen LogP contribution in [0.3, 0.4) is 0 Å². The fraction of sp³-hybridized carbons (Fsp3) is 0.444. The van der Waals surface area contributed by atoms with E-state index in [0.717, 1.165) is 24.4 Å². The predicted molar refractivity (Wildman–Crippen MR) is 104 cm³/mol. The van der Waals surface area contributed by atoms with Crippen molar-refractivity contribution in [1.82, 2.24) is 24.3 Å². The molecular formula is C18H25N5O2Si. The van der Waals surface area contributed by atoms with Crippen LogP contribution in [0.15, 0.2) is 24.8 Å². The summed E-state index contributed by atoms with van der Waals surface area (Å²) in [6.07, 6.45) is 7.97. The number of hydrogen-bond donors (Lipinski definition) is 0. The monoisotopic (exact) mass is 371 g/mol. The van der Waals surface area contributed by atoms with Gasteiger partial charge in [0.1, 0.15) is 12.2 Å². The second kappa shape index (κ2) is 7.51. The van der Waals surface area contributed by atoms with Gasteiger partial charge < -0.3 is 9.30 Å². The molecule has 26 heavy (non-hydrogen) atoms. The van der Waals surface area contributed by atoms with E-state index in [1.807, 2.05) is 22.4 Å². The second-order valence-corrected chi connectivity index (χ2v) is 13.2. The van der Waals surface area contributed by atoms with Crippen LogP contribution >= 0.6 is 0 Å². The summed E-state index contributed by atoms with van der Waals surface area (Å²) < 4.78 is 9.47. The maximum atomic E-state index is 11.5. The van der Waals surface area contributed by atoms with Gasteiger partial charge in [-0.15, -0.1) is 0 Å². The maximum Gasteiger partial charge on any atom is 0.161 e. The molecule has 0 radical (unpaired) electrons. The zero-order valence-electron chi connectivity index (χ0n) is 15.8. The van der Waals surface area contributed by atoms with Gasteiger partial charge in [-0.2, -0.15) is 5.10 Å². The first-order valence-electron chi connectivity index (χ1n) is 8.83. The molecule has 3 aromatic heterocycles. The van der Waals surface area contributed by atoms with E-state index in [1.165, 1.54) is 0 Å². The van der Waals surface area contributed by atoms with E-state index >= 15 is 0 Å². The van der Waals surface area contributed by atoms with Crippen molar-refractivity contribution in [2.24, 2.45) is 0 Å². The number of carbonyl (C=O) groups is 1. The van der Waals surface area contributed by atoms with Gasteiger partial charge in [0.05, 0.1) is 23.7 Å². The highest BCUT2D eigenvalue weighted by atomic mass is 28.3. The van der Waals surface area contributed by atoms with E-state index in [0.29, 0.717) is 35.8 Å². The smallest absolute Gasteiger partial charge is 0.161 e. The van der Waals surface area contributed by atoms with Gasteiger partial charge in [0.15, 0.2) is 11.9 Å². The molecule has 0 fully saturated rings. The van der Waals surface area contributed by atoms with Crippen molar-refractivity contribution < 1.29 is 9.53 Å². The average molecular weight is 372 g/mol. The number of aldehydes is 1. The fourth-order valence-electron chi connectivity index (χ4n) is 2.61. The molecule has 3 aromatic rings. The molecule has 0 aromatic carbocycles. The van der Waals surface area contributed by atoms with Crippen molar-refractivity contribution in [3.63, 3.8) is 0 Å². The summed E-state index contributed by atoms with van der Waals surface area (Å²) in [5, 5.41) is 4.27. The summed E-state index contributed by atoms with van der Waals surface area (Å²) in [4.78, 5) is 20.6. The van der Waals surface area contributed by atoms with Crippen molar-refractivity contribution in [2.45, 2.75) is 45.9 Å². The van der Waals surface area contributed by atoms with Crippen LogP contribution in [-0.2, 0) is 18.0 Å². The molecule has 3 rings (SSSR count). The van der Waals surface area contributed by atoms with E-state index < -0.39 is 8.07 Å². The highest BCUT2D eigenvalue weighted by Gasteiger charge is 2.15. The molecule has 0 saturated heterocycles. The van der Waals surface area contributed by atoms with Crippen LogP contribution in [0.1, 0.15) is 17.3 Å². The molecule has 0 N–H and O–H groups in total. The molecular weight excluding hydrogens is 346 g/mol. The van der Waals surface area contributed by atoms with E-state index in [-0.39, 0.29) is 0 Å². The third kappa shape index (κ3) is 4.08. The Morgan fingerprint density at radius 2 is 2.04 bits per heavy atom. The van der Waals surface area contributed by atoms with E-state index in [9.17, 15) is 4.79 Å². The number of rotatable bonds is 8. The van der Waals surface area contributed by atoms with E-state index in [2.05, 4.69) is 34.7 Å². The Balaban J connectivity index is 1.84. The minimum Gasteiger partial charge on any atom is -0.361 e. The Morgan fingerprint density at radius 1 is 1.23 bits per heavy atom. The summed E-state index contributed by atoms with van der Waals surface area (Å²) in [6.45, 7) is 10.9. The molecule has 8 heteroatoms. The molecule has 7 nitrogen and oxygen atoms in total. The fourth-order valence-corrected chi connectivity index (χ4v) is 3.37. The zero-order valence-corrected chi connectivity index (χ0v) is 16.8. The van der Waals surface area contributed by atoms with Crippen LogP contribution in [0.4, 0.5) is 0 Å². The largest absolute Gasteiger partial charge is 0.361 e. The number of carbonyl (C=O) groups excluding carboxylic acids is 1. The third-order valence-electron chi connectivity index (χ3n) is 4.20. The lowest BCUT2D eigenvalue weighted by atomic mass is 10.2. The molecule has 0 amide bonds. The van der Waals surface area contributed by atoms with Crippen LogP contribution in [0.25, 0.3) is 22.4 Å². The normalized spacial score (nSPS) is 12.0. The molecule has 0 aliphatic heterocycles. The third-order valence-corrected chi connectivity index (χ3v) is 5.90. The number of ether oxygens (including phenoxy) is 1. The molecule has 0 spiro atoms. The van der Waals surface area contributed by atoms with Crippen molar-refractivity contribution in [3.05, 3.63) is 30.4 Å². The van der Waals surface area contributed by atoms with Crippen molar-refractivity contribution in [3.8, 4) is 11.3 Å². The quantitative estimate of drug-likeness (QED) is 0.344. The molecule has 0 unspecified atom stereocenters. The predicted octanol–water partition coefficient (Wildman–Crippen LogP) is 3.44. The highest BCUT2D eigenvalue weighted by Crippen LogP contribution is 2.22. The van der Waals surface area contributed by atoms with Crippen LogP contribution in [0.2, 0.25) is 25.7 Å². The molecule has 0 saturated carbocycles. The van der Waals surface area contributed by atoms with Crippen LogP contribution in [0.5, 0.6) is 0 Å². The molecule has 138 valence electrons. The summed E-state index contributed by atoms with van der Waals surface area (Å²) in [5.74, 6) is 0. The number of nitrogens with zero attached hydrogens (tertiary/aromatic N) is 5. The van der Waals surface area contributed by atoms with Gasteiger partial charge in [-0.25, -0.2) is 9.97 Å². The molecule has 0 bridgehead atoms. The molecule has 0 atom stereocenters. The summed E-state index contributed by atoms with van der Waals surface area (Å²) in [7, 11) is -1.12. The van der Waals surface area contributed by atoms with Crippen LogP contribution < -0.4 is 0 Å². The average Bonchev–Trinajstić information content (AvgIpc) is 3.22. The van der Waals surface area contributed by atoms with E-state index in [4.69, 9.17) is 4.74 Å². The van der Waals surface area contributed by atoms with Crippen molar-refractivity contribution >= 4 is 25.5 Å². The topological polar surface area (TPSA) is 74.8 Å². The Morgan fingerprint density at radius 3 is 2.69 bits per heavy atom. The molecule has 0 aliphatic rings. The summed E-state index contributed by atoms with van der Waals surface area (Å²) in [6, 6.07) is 1.10. The Bertz CT molecular complexity index is 910. The van der Waals surface area contributed by atoms with E-state index in [1.54, 1.807) is 18.6 Å². The van der Waals surface area contributed by atoms with Gasteiger partial charge in [-0.05, 0) is 13.0 Å². The number of aromatic nitrogens is 5. The van der Waals surface area contributed by atoms with Crippen LogP contribution in [0, 0.1) is 0 Å². The van der Waals surface area contributed by atoms with Gasteiger partial charge in [-0.3, -0.25) is 9.48 Å². The lowest BCUT2D eigenvalue weighted by Gasteiger charge is -2.15. The first-order chi connectivity index (χ1) is 12.4. The zero-order chi connectivity index (χ0) is 18.7. The highest BCUT2D eigenvalue weighted by molar-refractivity contribution is 6.76. The summed E-state index contributed by atoms with van der Waals surface area (Å²) >= 11 is 0. The van der Waals surface area contributed by atoms with Gasteiger partial charge in [0, 0.05) is 39.2 Å². The van der Waals surface area contributed by atoms with Crippen LogP contribution in [-0.4, -0.2) is 45.3 Å². The first kappa shape index (κ1) is 18.5. The second-order valence-electron chi connectivity index (χ2n) is 7.53. The Kier molecular flexibility index (Phi) is 5.33. The standard InChI is InChI=1S/C18H25N5O2Si/c1-5-23-11-14(8-20-23)16-9-19-18-17(21-16)15(12-24)10-22(18)13-25-6-7-26(2,3)4/h8-12H,5-7,13H2,1-4H3. The number of aryl methyl sites for hydroxylation is 1. The molecule has 3 heterocycles. The first-order valence-corrected chi connectivity index (χ1v) is 12.5. The molecule has 0 aliphatic carbocycles. The maximum absolute atomic E-state index is 11.5. The number of hydrogen-bond acceptors (Lipinski definition) is 5. The minimum atomic E-state index is -1.12. The van der Waals surface area contributed by atoms with Crippen molar-refractivity contribution in [2.75, 3.05) is 6.61 Å². The minimum absolute atomic E-state index is 0.372. The lowest BCUT2D eigenvalue weighted by Crippen LogP contribution is -2.22. The van der Waals surface area contributed by atoms with Gasteiger partial charge in [-0.1, -0.05) is 19.6 Å². The summed E-state index contributed by atoms with van der Waals surface area (Å²) in [5.41, 5.74) is 3.36. The number of fused-ring (bicyclic) bond motifs is 1. The Hall–Kier alpha value is -2.32. The lowest BCUT2D eigenvalue weighted by molar-refractivity contribution is 0.0897. The van der Waals surface area contributed by atoms with Gasteiger partial charge in [0.25, 0.3) is 0 Å². The Labute approximate surface area is 154 Å². The van der Waals surface area contributed by atoms with Crippen molar-refractivity contribution in [1.29, 1.82) is 0 Å². The SMILES string of the molecule is CCn1cc(-c2cnc3c(n2)c(C=O)cn3COCC[Si](C)(C)C)cn1. The van der Waals surface area contributed by atoms with Gasteiger partial charge in [0.2, 0.25) is 0 Å².